The summed E-state index contributed by atoms with van der Waals surface area (Å²) in [6.07, 6.45) is 8.52. The van der Waals surface area contributed by atoms with Gasteiger partial charge in [-0.15, -0.1) is 0 Å². The van der Waals surface area contributed by atoms with Crippen molar-refractivity contribution in [3.05, 3.63) is 35.5 Å². The second-order valence-electron chi connectivity index (χ2n) is 10.3. The Labute approximate surface area is 208 Å². The van der Waals surface area contributed by atoms with Gasteiger partial charge in [-0.25, -0.2) is 0 Å². The smallest absolute Gasteiger partial charge is 0.303 e. The lowest BCUT2D eigenvalue weighted by Crippen LogP contribution is -2.51. The highest BCUT2D eigenvalue weighted by molar-refractivity contribution is 5.93. The third-order valence-electron chi connectivity index (χ3n) is 7.15. The second-order valence-corrected chi connectivity index (χ2v) is 10.3. The fraction of sp³-hybridized carbons (Fsp3) is 0.704. The molecule has 3 aliphatic rings. The van der Waals surface area contributed by atoms with Crippen molar-refractivity contribution in [2.45, 2.75) is 103 Å². The quantitative estimate of drug-likeness (QED) is 0.233. The van der Waals surface area contributed by atoms with Crippen molar-refractivity contribution in [3.8, 4) is 0 Å². The number of hydrogen-bond acceptors (Lipinski definition) is 7. The van der Waals surface area contributed by atoms with E-state index in [1.165, 1.54) is 6.92 Å². The monoisotopic (exact) mass is 491 g/mol. The van der Waals surface area contributed by atoms with Crippen LogP contribution >= 0.6 is 0 Å². The second kappa shape index (κ2) is 11.8. The molecule has 8 atom stereocenters. The average molecular weight is 492 g/mol. The molecule has 35 heavy (non-hydrogen) atoms. The Hall–Kier alpha value is -2.00. The van der Waals surface area contributed by atoms with Gasteiger partial charge in [-0.3, -0.25) is 9.59 Å². The van der Waals surface area contributed by atoms with Crippen LogP contribution in [0.15, 0.2) is 35.5 Å². The highest BCUT2D eigenvalue weighted by Gasteiger charge is 2.55. The normalized spacial score (nSPS) is 36.8. The highest BCUT2D eigenvalue weighted by atomic mass is 16.6. The zero-order valence-electron chi connectivity index (χ0n) is 21.8. The van der Waals surface area contributed by atoms with E-state index in [2.05, 4.69) is 18.3 Å². The summed E-state index contributed by atoms with van der Waals surface area (Å²) < 4.78 is 22.5. The van der Waals surface area contributed by atoms with Gasteiger partial charge in [-0.05, 0) is 52.5 Å². The number of carbonyl (C=O) groups excluding carboxylic acids is 2. The van der Waals surface area contributed by atoms with Gasteiger partial charge in [0.1, 0.15) is 23.9 Å². The molecule has 0 aromatic heterocycles. The number of allylic oxidation sites excluding steroid dienone is 2. The van der Waals surface area contributed by atoms with Crippen LogP contribution in [0.4, 0.5) is 0 Å². The predicted octanol–water partition coefficient (Wildman–Crippen LogP) is 2.99. The molecule has 0 unspecified atom stereocenters. The van der Waals surface area contributed by atoms with Gasteiger partial charge in [-0.2, -0.15) is 0 Å². The molecule has 3 saturated heterocycles. The number of amides is 1. The molecule has 3 rings (SSSR count). The Kier molecular flexibility index (Phi) is 9.32. The van der Waals surface area contributed by atoms with Crippen LogP contribution in [0.1, 0.15) is 60.8 Å². The molecular weight excluding hydrogens is 450 g/mol. The summed E-state index contributed by atoms with van der Waals surface area (Å²) in [5.74, 6) is -0.289. The number of aliphatic hydroxyl groups is 1. The lowest BCUT2D eigenvalue weighted by atomic mass is 9.88. The standard InChI is InChI=1S/C27H41NO7/c1-16(8-10-24-25(30)27(15-33-27)11-12-32-24)7-9-23-17(2)14-22(20(5)35-23)28-26(31)18(3)13-19(4)34-21(6)29/h7-8,10,13,17,19-20,22-25,30H,9,11-12,14-15H2,1-6H3,(H,28,31)/b10-8+,16-7+,18-13-/t17-,19-,20+,22+,23-,24+,25+,27+/m0/s1. The fourth-order valence-corrected chi connectivity index (χ4v) is 4.81. The van der Waals surface area contributed by atoms with Crippen molar-refractivity contribution in [2.75, 3.05) is 13.2 Å². The van der Waals surface area contributed by atoms with Gasteiger partial charge in [0.05, 0.1) is 31.5 Å². The molecule has 8 heteroatoms. The minimum absolute atomic E-state index is 0.0572. The Morgan fingerprint density at radius 3 is 2.63 bits per heavy atom. The summed E-state index contributed by atoms with van der Waals surface area (Å²) in [5.41, 5.74) is 1.20. The molecular formula is C27H41NO7. The maximum atomic E-state index is 12.6. The number of nitrogens with one attached hydrogen (secondary N) is 1. The number of esters is 1. The average Bonchev–Trinajstić information content (AvgIpc) is 3.55. The summed E-state index contributed by atoms with van der Waals surface area (Å²) in [6, 6.07) is -0.0898. The molecule has 0 saturated carbocycles. The minimum Gasteiger partial charge on any atom is -0.459 e. The largest absolute Gasteiger partial charge is 0.459 e. The molecule has 0 aromatic rings. The van der Waals surface area contributed by atoms with Crippen molar-refractivity contribution in [1.29, 1.82) is 0 Å². The summed E-state index contributed by atoms with van der Waals surface area (Å²) in [5, 5.41) is 13.5. The topological polar surface area (TPSA) is 107 Å². The van der Waals surface area contributed by atoms with Gasteiger partial charge in [0.15, 0.2) is 0 Å². The summed E-state index contributed by atoms with van der Waals surface area (Å²) in [6.45, 7) is 12.1. The number of hydrogen-bond donors (Lipinski definition) is 2. The van der Waals surface area contributed by atoms with Crippen LogP contribution in [0.2, 0.25) is 0 Å². The van der Waals surface area contributed by atoms with E-state index in [4.69, 9.17) is 18.9 Å². The van der Waals surface area contributed by atoms with E-state index in [1.54, 1.807) is 19.9 Å². The van der Waals surface area contributed by atoms with Gasteiger partial charge in [0, 0.05) is 18.9 Å². The lowest BCUT2D eigenvalue weighted by molar-refractivity contribution is -0.143. The first kappa shape index (κ1) is 27.6. The third kappa shape index (κ3) is 7.49. The van der Waals surface area contributed by atoms with Crippen LogP contribution < -0.4 is 5.32 Å². The Balaban J connectivity index is 1.48. The number of carbonyl (C=O) groups is 2. The van der Waals surface area contributed by atoms with Gasteiger partial charge in [0.25, 0.3) is 0 Å². The Morgan fingerprint density at radius 2 is 1.97 bits per heavy atom. The first-order valence-corrected chi connectivity index (χ1v) is 12.6. The molecule has 196 valence electrons. The molecule has 3 heterocycles. The van der Waals surface area contributed by atoms with Crippen LogP contribution in [0.3, 0.4) is 0 Å². The fourth-order valence-electron chi connectivity index (χ4n) is 4.81. The van der Waals surface area contributed by atoms with Crippen molar-refractivity contribution < 1.29 is 33.6 Å². The molecule has 0 bridgehead atoms. The number of ether oxygens (including phenoxy) is 4. The van der Waals surface area contributed by atoms with E-state index in [0.717, 1.165) is 24.8 Å². The van der Waals surface area contributed by atoms with Crippen molar-refractivity contribution in [1.82, 2.24) is 5.32 Å². The SMILES string of the molecule is CC(=O)O[C@@H](C)/C=C(/C)C(=O)N[C@@H]1C[C@H](C)[C@H](C/C=C(C)/C=C/[C@H]2OCC[C@@]3(CO3)[C@@H]2O)O[C@@H]1C. The number of aliphatic hydroxyl groups excluding tert-OH is 1. The minimum atomic E-state index is -0.627. The summed E-state index contributed by atoms with van der Waals surface area (Å²) >= 11 is 0. The molecule has 0 radical (unpaired) electrons. The first-order valence-electron chi connectivity index (χ1n) is 12.6. The van der Waals surface area contributed by atoms with Gasteiger partial charge in [0.2, 0.25) is 5.91 Å². The maximum absolute atomic E-state index is 12.6. The van der Waals surface area contributed by atoms with Crippen LogP contribution in [0, 0.1) is 5.92 Å². The highest BCUT2D eigenvalue weighted by Crippen LogP contribution is 2.40. The van der Waals surface area contributed by atoms with Crippen molar-refractivity contribution in [3.63, 3.8) is 0 Å². The van der Waals surface area contributed by atoms with E-state index in [9.17, 15) is 14.7 Å². The van der Waals surface area contributed by atoms with Crippen molar-refractivity contribution >= 4 is 11.9 Å². The van der Waals surface area contributed by atoms with Crippen LogP contribution in [0.5, 0.6) is 0 Å². The van der Waals surface area contributed by atoms with E-state index < -0.39 is 17.8 Å². The van der Waals surface area contributed by atoms with E-state index in [-0.39, 0.29) is 42.1 Å². The van der Waals surface area contributed by atoms with E-state index in [1.807, 2.05) is 26.0 Å². The van der Waals surface area contributed by atoms with Gasteiger partial charge < -0.3 is 29.4 Å². The van der Waals surface area contributed by atoms with E-state index in [0.29, 0.717) is 18.8 Å². The number of epoxide rings is 1. The third-order valence-corrected chi connectivity index (χ3v) is 7.15. The van der Waals surface area contributed by atoms with Crippen LogP contribution in [-0.2, 0) is 28.5 Å². The van der Waals surface area contributed by atoms with E-state index >= 15 is 0 Å². The molecule has 8 nitrogen and oxygen atoms in total. The van der Waals surface area contributed by atoms with Crippen molar-refractivity contribution in [2.24, 2.45) is 5.92 Å². The summed E-state index contributed by atoms with van der Waals surface area (Å²) in [7, 11) is 0. The first-order chi connectivity index (χ1) is 16.5. The maximum Gasteiger partial charge on any atom is 0.303 e. The molecule has 2 N–H and O–H groups in total. The van der Waals surface area contributed by atoms with Gasteiger partial charge in [-0.1, -0.05) is 30.7 Å². The molecule has 1 spiro atoms. The van der Waals surface area contributed by atoms with Gasteiger partial charge >= 0.3 is 5.97 Å². The molecule has 1 amide bonds. The zero-order valence-corrected chi connectivity index (χ0v) is 21.8. The van der Waals surface area contributed by atoms with Crippen LogP contribution in [-0.4, -0.2) is 72.4 Å². The summed E-state index contributed by atoms with van der Waals surface area (Å²) in [4.78, 5) is 23.7. The predicted molar refractivity (Wildman–Crippen MR) is 132 cm³/mol. The van der Waals surface area contributed by atoms with Crippen LogP contribution in [0.25, 0.3) is 0 Å². The Morgan fingerprint density at radius 1 is 1.26 bits per heavy atom. The lowest BCUT2D eigenvalue weighted by Gasteiger charge is -2.39. The molecule has 3 fully saturated rings. The zero-order chi connectivity index (χ0) is 25.8. The Bertz CT molecular complexity index is 860. The molecule has 0 aromatic carbocycles. The molecule has 3 aliphatic heterocycles. The molecule has 0 aliphatic carbocycles. The number of rotatable bonds is 8.